The number of nitrogens with one attached hydrogen (secondary N) is 1. The molecule has 0 radical (unpaired) electrons. The van der Waals surface area contributed by atoms with Crippen LogP contribution in [-0.2, 0) is 9.84 Å². The summed E-state index contributed by atoms with van der Waals surface area (Å²) in [6, 6.07) is 11.5. The van der Waals surface area contributed by atoms with E-state index >= 15 is 0 Å². The first-order valence-electron chi connectivity index (χ1n) is 13.0. The SMILES string of the molecule is CN(CCN1CCCCC1)c1cccc(C(=O)Nn2ncc3cc(S(=O)(=O)c4cc(F)cc(F)c4)ccc32)c1N. The van der Waals surface area contributed by atoms with Crippen molar-refractivity contribution in [3.8, 4) is 0 Å². The Morgan fingerprint density at radius 3 is 2.48 bits per heavy atom. The molecule has 4 aromatic rings. The molecule has 3 aromatic carbocycles. The lowest BCUT2D eigenvalue weighted by Gasteiger charge is -2.30. The highest BCUT2D eigenvalue weighted by Crippen LogP contribution is 2.28. The summed E-state index contributed by atoms with van der Waals surface area (Å²) in [4.78, 5) is 18.2. The number of halogens is 2. The summed E-state index contributed by atoms with van der Waals surface area (Å²) in [5, 5.41) is 4.57. The van der Waals surface area contributed by atoms with E-state index in [-0.39, 0.29) is 10.5 Å². The summed E-state index contributed by atoms with van der Waals surface area (Å²) in [5.41, 5.74) is 10.9. The molecule has 1 saturated heterocycles. The Morgan fingerprint density at radius 2 is 1.75 bits per heavy atom. The first-order valence-corrected chi connectivity index (χ1v) is 14.4. The zero-order chi connectivity index (χ0) is 28.4. The summed E-state index contributed by atoms with van der Waals surface area (Å²) >= 11 is 0. The van der Waals surface area contributed by atoms with Crippen LogP contribution in [0.4, 0.5) is 20.2 Å². The predicted octanol–water partition coefficient (Wildman–Crippen LogP) is 4.04. The van der Waals surface area contributed by atoms with Crippen LogP contribution in [0.1, 0.15) is 29.6 Å². The summed E-state index contributed by atoms with van der Waals surface area (Å²) in [7, 11) is -2.24. The zero-order valence-corrected chi connectivity index (χ0v) is 22.8. The molecule has 0 spiro atoms. The van der Waals surface area contributed by atoms with Crippen molar-refractivity contribution in [3.05, 3.63) is 78.0 Å². The van der Waals surface area contributed by atoms with Crippen LogP contribution in [-0.4, -0.2) is 62.3 Å². The normalized spacial score (nSPS) is 14.4. The second-order valence-corrected chi connectivity index (χ2v) is 11.8. The standard InChI is InChI=1S/C28H30F2N6O3S/c1-34(12-13-35-10-3-2-4-11-35)26-7-5-6-24(27(26)31)28(37)33-36-25-9-8-22(14-19(25)18-32-36)40(38,39)23-16-20(29)15-21(30)17-23/h5-9,14-18H,2-4,10-13,31H2,1H3,(H,33,37). The van der Waals surface area contributed by atoms with Gasteiger partial charge in [0.05, 0.1) is 38.4 Å². The minimum Gasteiger partial charge on any atom is -0.396 e. The number of likely N-dealkylation sites (N-methyl/N-ethyl adjacent to an activating group) is 1. The Balaban J connectivity index is 1.33. The summed E-state index contributed by atoms with van der Waals surface area (Å²) < 4.78 is 53.2. The molecule has 40 heavy (non-hydrogen) atoms. The number of likely N-dealkylation sites (tertiary alicyclic amines) is 1. The number of aromatic nitrogens is 2. The second kappa shape index (κ2) is 11.2. The second-order valence-electron chi connectivity index (χ2n) is 9.89. The van der Waals surface area contributed by atoms with Crippen molar-refractivity contribution in [2.75, 3.05) is 49.3 Å². The van der Waals surface area contributed by atoms with Crippen molar-refractivity contribution in [1.29, 1.82) is 0 Å². The van der Waals surface area contributed by atoms with Gasteiger partial charge in [-0.2, -0.15) is 9.89 Å². The summed E-state index contributed by atoms with van der Waals surface area (Å²) in [5.74, 6) is -2.47. The third-order valence-corrected chi connectivity index (χ3v) is 8.87. The van der Waals surface area contributed by atoms with Crippen LogP contribution >= 0.6 is 0 Å². The third kappa shape index (κ3) is 5.63. The van der Waals surface area contributed by atoms with Crippen molar-refractivity contribution in [2.45, 2.75) is 29.1 Å². The number of nitrogen functional groups attached to an aromatic ring is 1. The number of carbonyl (C=O) groups excluding carboxylic acids is 1. The number of fused-ring (bicyclic) bond motifs is 1. The molecule has 1 fully saturated rings. The topological polar surface area (TPSA) is 114 Å². The molecule has 0 saturated carbocycles. The molecule has 0 aliphatic carbocycles. The smallest absolute Gasteiger partial charge is 0.273 e. The van der Waals surface area contributed by atoms with Crippen LogP contribution in [0.5, 0.6) is 0 Å². The minimum atomic E-state index is -4.19. The van der Waals surface area contributed by atoms with Crippen molar-refractivity contribution < 1.29 is 22.0 Å². The first-order chi connectivity index (χ1) is 19.1. The average Bonchev–Trinajstić information content (AvgIpc) is 3.33. The minimum absolute atomic E-state index is 0.166. The lowest BCUT2D eigenvalue weighted by atomic mass is 10.1. The van der Waals surface area contributed by atoms with Crippen molar-refractivity contribution in [2.24, 2.45) is 0 Å². The predicted molar refractivity (Wildman–Crippen MR) is 150 cm³/mol. The van der Waals surface area contributed by atoms with Gasteiger partial charge in [0, 0.05) is 31.6 Å². The van der Waals surface area contributed by atoms with Crippen LogP contribution in [0.15, 0.2) is 70.6 Å². The van der Waals surface area contributed by atoms with Gasteiger partial charge in [-0.25, -0.2) is 22.6 Å². The van der Waals surface area contributed by atoms with E-state index in [1.54, 1.807) is 12.1 Å². The monoisotopic (exact) mass is 568 g/mol. The maximum atomic E-state index is 13.6. The number of carbonyl (C=O) groups is 1. The number of amides is 1. The number of piperidine rings is 1. The van der Waals surface area contributed by atoms with E-state index in [1.165, 1.54) is 48.4 Å². The van der Waals surface area contributed by atoms with Gasteiger partial charge in [0.2, 0.25) is 9.84 Å². The van der Waals surface area contributed by atoms with Crippen molar-refractivity contribution in [3.63, 3.8) is 0 Å². The van der Waals surface area contributed by atoms with Gasteiger partial charge >= 0.3 is 0 Å². The number of para-hydroxylation sites is 1. The molecule has 0 unspecified atom stereocenters. The van der Waals surface area contributed by atoms with Crippen molar-refractivity contribution in [1.82, 2.24) is 14.8 Å². The fourth-order valence-electron chi connectivity index (χ4n) is 4.92. The molecule has 3 N–H and O–H groups in total. The van der Waals surface area contributed by atoms with Crippen LogP contribution in [0.3, 0.4) is 0 Å². The molecule has 210 valence electrons. The van der Waals surface area contributed by atoms with E-state index in [0.717, 1.165) is 44.0 Å². The van der Waals surface area contributed by atoms with Crippen LogP contribution < -0.4 is 16.1 Å². The van der Waals surface area contributed by atoms with E-state index in [4.69, 9.17) is 5.73 Å². The molecule has 0 atom stereocenters. The molecule has 9 nitrogen and oxygen atoms in total. The Morgan fingerprint density at radius 1 is 1.02 bits per heavy atom. The Kier molecular flexibility index (Phi) is 7.72. The highest BCUT2D eigenvalue weighted by atomic mass is 32.2. The quantitative estimate of drug-likeness (QED) is 0.309. The van der Waals surface area contributed by atoms with Gasteiger partial charge in [-0.3, -0.25) is 4.79 Å². The summed E-state index contributed by atoms with van der Waals surface area (Å²) in [6.45, 7) is 3.88. The lowest BCUT2D eigenvalue weighted by Crippen LogP contribution is -2.36. The van der Waals surface area contributed by atoms with E-state index < -0.39 is 32.3 Å². The number of anilines is 2. The molecule has 1 aliphatic heterocycles. The molecule has 1 amide bonds. The number of hydrogen-bond acceptors (Lipinski definition) is 7. The van der Waals surface area contributed by atoms with Crippen LogP contribution in [0, 0.1) is 11.6 Å². The Labute approximate surface area is 231 Å². The Bertz CT molecular complexity index is 1650. The number of benzene rings is 3. The molecule has 12 heteroatoms. The molecule has 5 rings (SSSR count). The fourth-order valence-corrected chi connectivity index (χ4v) is 6.26. The Hall–Kier alpha value is -4.03. The van der Waals surface area contributed by atoms with Crippen LogP contribution in [0.2, 0.25) is 0 Å². The van der Waals surface area contributed by atoms with Gasteiger partial charge < -0.3 is 15.5 Å². The van der Waals surface area contributed by atoms with E-state index in [0.29, 0.717) is 22.7 Å². The van der Waals surface area contributed by atoms with E-state index in [1.807, 2.05) is 18.0 Å². The van der Waals surface area contributed by atoms with E-state index in [9.17, 15) is 22.0 Å². The maximum absolute atomic E-state index is 13.6. The molecule has 1 aliphatic rings. The molecule has 2 heterocycles. The van der Waals surface area contributed by atoms with Gasteiger partial charge in [-0.15, -0.1) is 0 Å². The molecular weight excluding hydrogens is 538 g/mol. The van der Waals surface area contributed by atoms with Gasteiger partial charge in [0.15, 0.2) is 0 Å². The van der Waals surface area contributed by atoms with Gasteiger partial charge in [-0.05, 0) is 68.4 Å². The number of hydrogen-bond donors (Lipinski definition) is 2. The number of nitrogens with zero attached hydrogens (tertiary/aromatic N) is 4. The van der Waals surface area contributed by atoms with Crippen LogP contribution in [0.25, 0.3) is 10.9 Å². The van der Waals surface area contributed by atoms with Crippen molar-refractivity contribution >= 4 is 38.0 Å². The average molecular weight is 569 g/mol. The molecular formula is C28H30F2N6O3S. The highest BCUT2D eigenvalue weighted by molar-refractivity contribution is 7.91. The highest BCUT2D eigenvalue weighted by Gasteiger charge is 2.22. The van der Waals surface area contributed by atoms with Gasteiger partial charge in [-0.1, -0.05) is 12.5 Å². The maximum Gasteiger partial charge on any atom is 0.273 e. The first kappa shape index (κ1) is 27.5. The largest absolute Gasteiger partial charge is 0.396 e. The van der Waals surface area contributed by atoms with Gasteiger partial charge in [0.1, 0.15) is 11.6 Å². The number of nitrogens with two attached hydrogens (primary N) is 1. The number of rotatable bonds is 8. The number of sulfone groups is 1. The third-order valence-electron chi connectivity index (χ3n) is 7.14. The molecule has 0 bridgehead atoms. The zero-order valence-electron chi connectivity index (χ0n) is 22.0. The lowest BCUT2D eigenvalue weighted by molar-refractivity contribution is 0.101. The molecule has 1 aromatic heterocycles. The van der Waals surface area contributed by atoms with Gasteiger partial charge in [0.25, 0.3) is 5.91 Å². The van der Waals surface area contributed by atoms with E-state index in [2.05, 4.69) is 15.4 Å². The fraction of sp³-hybridized carbons (Fsp3) is 0.286. The summed E-state index contributed by atoms with van der Waals surface area (Å²) in [6.07, 6.45) is 5.09.